The second kappa shape index (κ2) is 8.79. The summed E-state index contributed by atoms with van der Waals surface area (Å²) in [6.45, 7) is -0.444. The fourth-order valence-corrected chi connectivity index (χ4v) is 3.61. The van der Waals surface area contributed by atoms with Gasteiger partial charge in [-0.2, -0.15) is 0 Å². The van der Waals surface area contributed by atoms with Gasteiger partial charge in [-0.15, -0.1) is 11.8 Å². The van der Waals surface area contributed by atoms with E-state index in [1.807, 2.05) is 0 Å². The summed E-state index contributed by atoms with van der Waals surface area (Å²) in [7, 11) is 2.94. The van der Waals surface area contributed by atoms with Crippen molar-refractivity contribution >= 4 is 35.1 Å². The molecule has 0 saturated carbocycles. The Labute approximate surface area is 166 Å². The highest BCUT2D eigenvalue weighted by Crippen LogP contribution is 2.31. The van der Waals surface area contributed by atoms with Crippen LogP contribution < -0.4 is 14.8 Å². The molecule has 1 heterocycles. The van der Waals surface area contributed by atoms with Crippen molar-refractivity contribution < 1.29 is 28.6 Å². The van der Waals surface area contributed by atoms with E-state index in [1.54, 1.807) is 42.1 Å². The molecule has 2 aromatic rings. The molecule has 0 unspecified atom stereocenters. The first-order valence-electron chi connectivity index (χ1n) is 8.51. The topological polar surface area (TPSA) is 90.9 Å². The molecule has 0 spiro atoms. The van der Waals surface area contributed by atoms with Crippen molar-refractivity contribution in [3.63, 3.8) is 0 Å². The molecule has 1 N–H and O–H groups in total. The van der Waals surface area contributed by atoms with Crippen molar-refractivity contribution in [3.05, 3.63) is 47.5 Å². The lowest BCUT2D eigenvalue weighted by Gasteiger charge is -2.11. The van der Waals surface area contributed by atoms with Gasteiger partial charge in [-0.3, -0.25) is 9.59 Å². The van der Waals surface area contributed by atoms with E-state index in [4.69, 9.17) is 14.2 Å². The number of amides is 1. The smallest absolute Gasteiger partial charge is 0.338 e. The van der Waals surface area contributed by atoms with Gasteiger partial charge >= 0.3 is 5.97 Å². The Balaban J connectivity index is 1.71. The summed E-state index contributed by atoms with van der Waals surface area (Å²) >= 11 is 1.54. The monoisotopic (exact) mass is 401 g/mol. The van der Waals surface area contributed by atoms with Gasteiger partial charge in [-0.1, -0.05) is 0 Å². The van der Waals surface area contributed by atoms with Crippen LogP contribution in [-0.2, 0) is 9.53 Å². The normalized spacial score (nSPS) is 13.0. The number of ether oxygens (including phenoxy) is 3. The van der Waals surface area contributed by atoms with Gasteiger partial charge in [0.1, 0.15) is 11.5 Å². The summed E-state index contributed by atoms with van der Waals surface area (Å²) in [5.41, 5.74) is 1.09. The molecule has 1 aliphatic rings. The van der Waals surface area contributed by atoms with Crippen LogP contribution in [-0.4, -0.2) is 44.2 Å². The SMILES string of the molecule is COc1ccc(OC)c(C(=O)COC(=O)c2ccc3c(c2)NC(=O)CCS3)c1. The predicted molar refractivity (Wildman–Crippen MR) is 105 cm³/mol. The molecule has 7 nitrogen and oxygen atoms in total. The number of hydrogen-bond acceptors (Lipinski definition) is 7. The number of Topliss-reactive ketones (excluding diaryl/α,β-unsaturated/α-hetero) is 1. The lowest BCUT2D eigenvalue weighted by atomic mass is 10.1. The first-order chi connectivity index (χ1) is 13.5. The number of carbonyl (C=O) groups excluding carboxylic acids is 3. The molecule has 0 bridgehead atoms. The zero-order chi connectivity index (χ0) is 20.1. The zero-order valence-corrected chi connectivity index (χ0v) is 16.3. The van der Waals surface area contributed by atoms with Gasteiger partial charge < -0.3 is 19.5 Å². The lowest BCUT2D eigenvalue weighted by Crippen LogP contribution is -2.16. The molecule has 0 aromatic heterocycles. The fourth-order valence-electron chi connectivity index (χ4n) is 2.67. The van der Waals surface area contributed by atoms with Crippen molar-refractivity contribution in [3.8, 4) is 11.5 Å². The predicted octanol–water partition coefficient (Wildman–Crippen LogP) is 3.18. The van der Waals surface area contributed by atoms with Gasteiger partial charge in [0.15, 0.2) is 6.61 Å². The molecular formula is C20H19NO6S. The molecule has 3 rings (SSSR count). The fraction of sp³-hybridized carbons (Fsp3) is 0.250. The van der Waals surface area contributed by atoms with Crippen LogP contribution in [0.5, 0.6) is 11.5 Å². The summed E-state index contributed by atoms with van der Waals surface area (Å²) in [5.74, 6) is 0.377. The van der Waals surface area contributed by atoms with Crippen molar-refractivity contribution in [2.24, 2.45) is 0 Å². The highest BCUT2D eigenvalue weighted by atomic mass is 32.2. The second-order valence-electron chi connectivity index (χ2n) is 5.92. The molecule has 0 aliphatic carbocycles. The number of esters is 1. The van der Waals surface area contributed by atoms with Crippen LogP contribution in [0.2, 0.25) is 0 Å². The first-order valence-corrected chi connectivity index (χ1v) is 9.49. The van der Waals surface area contributed by atoms with Gasteiger partial charge in [-0.05, 0) is 36.4 Å². The molecule has 8 heteroatoms. The van der Waals surface area contributed by atoms with Crippen LogP contribution in [0.3, 0.4) is 0 Å². The number of nitrogens with one attached hydrogen (secondary N) is 1. The van der Waals surface area contributed by atoms with Gasteiger partial charge in [-0.25, -0.2) is 4.79 Å². The van der Waals surface area contributed by atoms with Gasteiger partial charge in [0.05, 0.1) is 31.0 Å². The van der Waals surface area contributed by atoms with Crippen LogP contribution in [0.15, 0.2) is 41.3 Å². The number of fused-ring (bicyclic) bond motifs is 1. The van der Waals surface area contributed by atoms with Crippen LogP contribution in [0, 0.1) is 0 Å². The second-order valence-corrected chi connectivity index (χ2v) is 7.06. The van der Waals surface area contributed by atoms with E-state index in [0.29, 0.717) is 29.4 Å². The number of rotatable bonds is 6. The Morgan fingerprint density at radius 1 is 1.11 bits per heavy atom. The van der Waals surface area contributed by atoms with E-state index >= 15 is 0 Å². The molecule has 1 amide bonds. The van der Waals surface area contributed by atoms with E-state index in [-0.39, 0.29) is 17.0 Å². The van der Waals surface area contributed by atoms with E-state index in [1.165, 1.54) is 20.3 Å². The molecular weight excluding hydrogens is 382 g/mol. The summed E-state index contributed by atoms with van der Waals surface area (Å²) in [6, 6.07) is 9.75. The average Bonchev–Trinajstić information content (AvgIpc) is 2.90. The Hall–Kier alpha value is -3.00. The van der Waals surface area contributed by atoms with E-state index in [9.17, 15) is 14.4 Å². The van der Waals surface area contributed by atoms with Gasteiger partial charge in [0.25, 0.3) is 0 Å². The highest BCUT2D eigenvalue weighted by Gasteiger charge is 2.19. The standard InChI is InChI=1S/C20H19NO6S/c1-25-13-4-5-17(26-2)14(10-13)16(22)11-27-20(24)12-3-6-18-15(9-12)21-19(23)7-8-28-18/h3-6,9-10H,7-8,11H2,1-2H3,(H,21,23). The molecule has 146 valence electrons. The van der Waals surface area contributed by atoms with Crippen molar-refractivity contribution in [2.75, 3.05) is 31.9 Å². The van der Waals surface area contributed by atoms with Crippen molar-refractivity contribution in [2.45, 2.75) is 11.3 Å². The van der Waals surface area contributed by atoms with Crippen LogP contribution >= 0.6 is 11.8 Å². The van der Waals surface area contributed by atoms with Crippen molar-refractivity contribution in [1.82, 2.24) is 0 Å². The van der Waals surface area contributed by atoms with Crippen LogP contribution in [0.1, 0.15) is 27.1 Å². The number of anilines is 1. The zero-order valence-electron chi connectivity index (χ0n) is 15.4. The molecule has 1 aliphatic heterocycles. The summed E-state index contributed by atoms with van der Waals surface area (Å²) in [4.78, 5) is 37.4. The largest absolute Gasteiger partial charge is 0.497 e. The van der Waals surface area contributed by atoms with E-state index in [0.717, 1.165) is 4.90 Å². The molecule has 28 heavy (non-hydrogen) atoms. The molecule has 0 saturated heterocycles. The Bertz CT molecular complexity index is 927. The molecule has 2 aromatic carbocycles. The minimum Gasteiger partial charge on any atom is -0.497 e. The third kappa shape index (κ3) is 4.45. The van der Waals surface area contributed by atoms with Crippen LogP contribution in [0.25, 0.3) is 0 Å². The van der Waals surface area contributed by atoms with Crippen LogP contribution in [0.4, 0.5) is 5.69 Å². The summed E-state index contributed by atoms with van der Waals surface area (Å²) in [5, 5.41) is 2.77. The van der Waals surface area contributed by atoms with Gasteiger partial charge in [0, 0.05) is 17.1 Å². The Morgan fingerprint density at radius 2 is 1.93 bits per heavy atom. The maximum absolute atomic E-state index is 12.5. The number of benzene rings is 2. The summed E-state index contributed by atoms with van der Waals surface area (Å²) < 4.78 is 15.5. The first kappa shape index (κ1) is 19.8. The Morgan fingerprint density at radius 3 is 2.68 bits per heavy atom. The summed E-state index contributed by atoms with van der Waals surface area (Å²) in [6.07, 6.45) is 0.413. The molecule has 0 fully saturated rings. The maximum atomic E-state index is 12.5. The maximum Gasteiger partial charge on any atom is 0.338 e. The number of methoxy groups -OCH3 is 2. The van der Waals surface area contributed by atoms with E-state index < -0.39 is 18.4 Å². The van der Waals surface area contributed by atoms with Crippen molar-refractivity contribution in [1.29, 1.82) is 0 Å². The number of thioether (sulfide) groups is 1. The van der Waals surface area contributed by atoms with E-state index in [2.05, 4.69) is 5.32 Å². The number of carbonyl (C=O) groups is 3. The Kier molecular flexibility index (Phi) is 6.20. The molecule has 0 atom stereocenters. The number of ketones is 1. The minimum atomic E-state index is -0.651. The quantitative estimate of drug-likeness (QED) is 0.587. The van der Waals surface area contributed by atoms with Gasteiger partial charge in [0.2, 0.25) is 11.7 Å². The lowest BCUT2D eigenvalue weighted by molar-refractivity contribution is -0.115. The molecule has 0 radical (unpaired) electrons. The number of hydrogen-bond donors (Lipinski definition) is 1. The minimum absolute atomic E-state index is 0.0999. The highest BCUT2D eigenvalue weighted by molar-refractivity contribution is 7.99. The average molecular weight is 401 g/mol. The third-order valence-corrected chi connectivity index (χ3v) is 5.19. The third-order valence-electron chi connectivity index (χ3n) is 4.12.